The normalized spacial score (nSPS) is 17.9. The number of carbonyl (C=O) groups is 1. The molecule has 2 aromatic rings. The molecule has 1 amide bonds. The highest BCUT2D eigenvalue weighted by Gasteiger charge is 2.27. The predicted molar refractivity (Wildman–Crippen MR) is 116 cm³/mol. The van der Waals surface area contributed by atoms with E-state index in [0.717, 1.165) is 31.9 Å². The Balaban J connectivity index is 1.24. The van der Waals surface area contributed by atoms with Gasteiger partial charge in [-0.1, -0.05) is 18.2 Å². The van der Waals surface area contributed by atoms with Crippen molar-refractivity contribution in [2.45, 2.75) is 0 Å². The summed E-state index contributed by atoms with van der Waals surface area (Å²) < 4.78 is 19.3. The smallest absolute Gasteiger partial charge is 0.277 e. The van der Waals surface area contributed by atoms with Gasteiger partial charge in [0.15, 0.2) is 6.54 Å². The van der Waals surface area contributed by atoms with Crippen LogP contribution >= 0.6 is 0 Å². The zero-order chi connectivity index (χ0) is 20.9. The Morgan fingerprint density at radius 1 is 0.967 bits per heavy atom. The van der Waals surface area contributed by atoms with Crippen molar-refractivity contribution in [3.8, 4) is 5.75 Å². The number of ether oxygens (including phenoxy) is 1. The molecule has 4 rings (SSSR count). The molecular formula is C23H30FN4O2+. The number of quaternary nitrogens is 1. The first-order chi connectivity index (χ1) is 14.6. The van der Waals surface area contributed by atoms with Crippen LogP contribution in [0.5, 0.6) is 5.75 Å². The van der Waals surface area contributed by atoms with Crippen LogP contribution in [-0.4, -0.2) is 76.8 Å². The van der Waals surface area contributed by atoms with Crippen LogP contribution in [0.25, 0.3) is 0 Å². The number of hydrogen-bond acceptors (Lipinski definition) is 4. The molecule has 0 aliphatic carbocycles. The molecule has 2 aliphatic rings. The van der Waals surface area contributed by atoms with E-state index in [0.29, 0.717) is 38.4 Å². The van der Waals surface area contributed by atoms with Gasteiger partial charge in [-0.3, -0.25) is 4.79 Å². The highest BCUT2D eigenvalue weighted by Crippen LogP contribution is 2.21. The quantitative estimate of drug-likeness (QED) is 0.791. The lowest BCUT2D eigenvalue weighted by Crippen LogP contribution is -3.16. The van der Waals surface area contributed by atoms with Crippen LogP contribution < -0.4 is 19.4 Å². The molecule has 6 nitrogen and oxygen atoms in total. The summed E-state index contributed by atoms with van der Waals surface area (Å²) in [5.41, 5.74) is 1.80. The molecule has 160 valence electrons. The number of benzene rings is 2. The van der Waals surface area contributed by atoms with E-state index >= 15 is 0 Å². The van der Waals surface area contributed by atoms with Crippen LogP contribution in [0.15, 0.2) is 48.5 Å². The van der Waals surface area contributed by atoms with E-state index in [1.807, 2.05) is 28.0 Å². The zero-order valence-corrected chi connectivity index (χ0v) is 17.5. The number of anilines is 2. The predicted octanol–water partition coefficient (Wildman–Crippen LogP) is 0.888. The number of nitrogens with one attached hydrogen (secondary N) is 1. The Bertz CT molecular complexity index is 862. The molecule has 2 aromatic carbocycles. The first-order valence-corrected chi connectivity index (χ1v) is 10.6. The monoisotopic (exact) mass is 413 g/mol. The van der Waals surface area contributed by atoms with E-state index in [9.17, 15) is 9.18 Å². The number of amides is 1. The topological polar surface area (TPSA) is 40.5 Å². The van der Waals surface area contributed by atoms with Crippen molar-refractivity contribution < 1.29 is 18.8 Å². The Hall–Kier alpha value is -2.80. The van der Waals surface area contributed by atoms with Crippen LogP contribution in [-0.2, 0) is 4.79 Å². The summed E-state index contributed by atoms with van der Waals surface area (Å²) in [7, 11) is 1.68. The summed E-state index contributed by atoms with van der Waals surface area (Å²) in [5, 5.41) is 0. The Labute approximate surface area is 177 Å². The summed E-state index contributed by atoms with van der Waals surface area (Å²) in [6.07, 6.45) is 0. The second-order valence-electron chi connectivity index (χ2n) is 7.93. The number of piperazine rings is 2. The van der Waals surface area contributed by atoms with Gasteiger partial charge in [0.1, 0.15) is 11.6 Å². The number of rotatable bonds is 5. The molecule has 0 atom stereocenters. The van der Waals surface area contributed by atoms with Gasteiger partial charge >= 0.3 is 0 Å². The molecule has 0 spiro atoms. The fourth-order valence-electron chi connectivity index (χ4n) is 4.30. The van der Waals surface area contributed by atoms with Crippen molar-refractivity contribution in [1.29, 1.82) is 0 Å². The fourth-order valence-corrected chi connectivity index (χ4v) is 4.30. The van der Waals surface area contributed by atoms with Gasteiger partial charge in [-0.15, -0.1) is 0 Å². The van der Waals surface area contributed by atoms with E-state index in [2.05, 4.69) is 17.0 Å². The van der Waals surface area contributed by atoms with E-state index in [1.165, 1.54) is 16.7 Å². The third kappa shape index (κ3) is 4.67. The highest BCUT2D eigenvalue weighted by atomic mass is 19.1. The summed E-state index contributed by atoms with van der Waals surface area (Å²) in [6.45, 7) is 6.92. The van der Waals surface area contributed by atoms with Gasteiger partial charge in [-0.05, 0) is 24.3 Å². The van der Waals surface area contributed by atoms with Gasteiger partial charge in [0.2, 0.25) is 0 Å². The summed E-state index contributed by atoms with van der Waals surface area (Å²) in [6, 6.07) is 15.0. The van der Waals surface area contributed by atoms with Gasteiger partial charge < -0.3 is 24.3 Å². The molecule has 2 saturated heterocycles. The molecule has 0 unspecified atom stereocenters. The maximum atomic E-state index is 14.0. The lowest BCUT2D eigenvalue weighted by molar-refractivity contribution is -0.892. The van der Waals surface area contributed by atoms with Gasteiger partial charge in [-0.25, -0.2) is 4.39 Å². The van der Waals surface area contributed by atoms with Crippen LogP contribution in [0.2, 0.25) is 0 Å². The molecule has 7 heteroatoms. The Morgan fingerprint density at radius 2 is 1.70 bits per heavy atom. The lowest BCUT2D eigenvalue weighted by Gasteiger charge is -2.38. The van der Waals surface area contributed by atoms with E-state index in [4.69, 9.17) is 4.74 Å². The van der Waals surface area contributed by atoms with Crippen LogP contribution in [0.1, 0.15) is 0 Å². The van der Waals surface area contributed by atoms with Crippen molar-refractivity contribution in [1.82, 2.24) is 4.90 Å². The van der Waals surface area contributed by atoms with Gasteiger partial charge in [0, 0.05) is 37.9 Å². The minimum atomic E-state index is -0.198. The van der Waals surface area contributed by atoms with E-state index in [1.54, 1.807) is 19.2 Å². The zero-order valence-electron chi connectivity index (χ0n) is 17.5. The van der Waals surface area contributed by atoms with Crippen LogP contribution in [0.3, 0.4) is 0 Å². The van der Waals surface area contributed by atoms with E-state index in [-0.39, 0.29) is 11.7 Å². The van der Waals surface area contributed by atoms with Crippen molar-refractivity contribution in [3.05, 3.63) is 54.3 Å². The van der Waals surface area contributed by atoms with Crippen molar-refractivity contribution in [2.24, 2.45) is 0 Å². The molecule has 1 N–H and O–H groups in total. The maximum Gasteiger partial charge on any atom is 0.277 e. The first-order valence-electron chi connectivity index (χ1n) is 10.6. The SMILES string of the molecule is COc1cccc(N2CC[NH+](CC(=O)N3CCN(c4ccccc4F)CC3)CC2)c1. The molecule has 2 heterocycles. The largest absolute Gasteiger partial charge is 0.497 e. The van der Waals surface area contributed by atoms with Crippen LogP contribution in [0.4, 0.5) is 15.8 Å². The average molecular weight is 414 g/mol. The molecule has 2 fully saturated rings. The molecular weight excluding hydrogens is 383 g/mol. The summed E-state index contributed by atoms with van der Waals surface area (Å²) in [4.78, 5) is 20.4. The van der Waals surface area contributed by atoms with E-state index < -0.39 is 0 Å². The molecule has 30 heavy (non-hydrogen) atoms. The second-order valence-corrected chi connectivity index (χ2v) is 7.93. The Kier molecular flexibility index (Phi) is 6.38. The molecule has 0 saturated carbocycles. The Morgan fingerprint density at radius 3 is 2.40 bits per heavy atom. The van der Waals surface area contributed by atoms with Crippen molar-refractivity contribution >= 4 is 17.3 Å². The number of nitrogens with zero attached hydrogens (tertiary/aromatic N) is 3. The van der Waals surface area contributed by atoms with Crippen molar-refractivity contribution in [3.63, 3.8) is 0 Å². The van der Waals surface area contributed by atoms with Gasteiger partial charge in [0.25, 0.3) is 5.91 Å². The number of methoxy groups -OCH3 is 1. The minimum absolute atomic E-state index is 0.198. The molecule has 0 aromatic heterocycles. The van der Waals surface area contributed by atoms with Gasteiger partial charge in [-0.2, -0.15) is 0 Å². The summed E-state index contributed by atoms with van der Waals surface area (Å²) in [5.74, 6) is 0.871. The molecule has 2 aliphatic heterocycles. The first kappa shape index (κ1) is 20.5. The van der Waals surface area contributed by atoms with Crippen LogP contribution in [0, 0.1) is 5.82 Å². The number of para-hydroxylation sites is 1. The number of halogens is 1. The third-order valence-corrected chi connectivity index (χ3v) is 6.12. The summed E-state index contributed by atoms with van der Waals surface area (Å²) >= 11 is 0. The standard InChI is InChI=1S/C23H29FN4O2/c1-30-20-6-4-5-19(17-20)26-11-9-25(10-12-26)18-23(29)28-15-13-27(14-16-28)22-8-3-2-7-21(22)24/h2-8,17H,9-16,18H2,1H3/p+1. The van der Waals surface area contributed by atoms with Crippen molar-refractivity contribution in [2.75, 3.05) is 75.8 Å². The highest BCUT2D eigenvalue weighted by molar-refractivity contribution is 5.77. The third-order valence-electron chi connectivity index (χ3n) is 6.12. The lowest BCUT2D eigenvalue weighted by atomic mass is 10.2. The molecule has 0 radical (unpaired) electrons. The second kappa shape index (κ2) is 9.34. The maximum absolute atomic E-state index is 14.0. The van der Waals surface area contributed by atoms with Gasteiger partial charge in [0.05, 0.1) is 39.0 Å². The fraction of sp³-hybridized carbons (Fsp3) is 0.435. The number of hydrogen-bond donors (Lipinski definition) is 1. The molecule has 0 bridgehead atoms. The number of carbonyl (C=O) groups excluding carboxylic acids is 1. The average Bonchev–Trinajstić information content (AvgIpc) is 2.80. The minimum Gasteiger partial charge on any atom is -0.497 e.